The minimum atomic E-state index is -2.86. The first-order valence-electron chi connectivity index (χ1n) is 7.21. The molecule has 1 heterocycles. The van der Waals surface area contributed by atoms with Gasteiger partial charge in [-0.2, -0.15) is 8.78 Å². The lowest BCUT2D eigenvalue weighted by Gasteiger charge is -2.26. The number of alkyl halides is 2. The summed E-state index contributed by atoms with van der Waals surface area (Å²) in [6.07, 6.45) is 0. The monoisotopic (exact) mass is 396 g/mol. The van der Waals surface area contributed by atoms with Crippen molar-refractivity contribution < 1.29 is 18.3 Å². The van der Waals surface area contributed by atoms with Crippen LogP contribution in [0.5, 0.6) is 5.75 Å². The number of nitrogens with zero attached hydrogens (tertiary/aromatic N) is 1. The number of rotatable bonds is 4. The summed E-state index contributed by atoms with van der Waals surface area (Å²) >= 11 is 3.45. The number of aryl methyl sites for hydroxylation is 1. The Kier molecular flexibility index (Phi) is 4.45. The smallest absolute Gasteiger partial charge is 0.387 e. The minimum absolute atomic E-state index is 0.0977. The number of hydrogen-bond acceptors (Lipinski definition) is 4. The second-order valence-corrected chi connectivity index (χ2v) is 6.38. The van der Waals surface area contributed by atoms with E-state index >= 15 is 0 Å². The van der Waals surface area contributed by atoms with Gasteiger partial charge in [-0.25, -0.2) is 4.99 Å². The highest BCUT2D eigenvalue weighted by Gasteiger charge is 2.40. The topological polar surface area (TPSA) is 56.8 Å². The van der Waals surface area contributed by atoms with E-state index in [1.54, 1.807) is 19.1 Å². The number of aliphatic imine (C=N–C) groups is 1. The molecule has 0 saturated heterocycles. The number of ether oxygens (including phenoxy) is 2. The molecule has 3 rings (SSSR count). The number of benzene rings is 2. The first kappa shape index (κ1) is 16.7. The van der Waals surface area contributed by atoms with E-state index in [4.69, 9.17) is 10.5 Å². The summed E-state index contributed by atoms with van der Waals surface area (Å²) < 4.78 is 35.7. The van der Waals surface area contributed by atoms with E-state index < -0.39 is 12.2 Å². The van der Waals surface area contributed by atoms with Gasteiger partial charge in [0, 0.05) is 4.47 Å². The normalized spacial score (nSPS) is 20.0. The number of halogens is 3. The van der Waals surface area contributed by atoms with Gasteiger partial charge in [0.1, 0.15) is 12.4 Å². The fourth-order valence-corrected chi connectivity index (χ4v) is 3.17. The van der Waals surface area contributed by atoms with Crippen LogP contribution in [0.15, 0.2) is 51.9 Å². The van der Waals surface area contributed by atoms with Crippen molar-refractivity contribution in [3.05, 3.63) is 63.6 Å². The molecule has 2 aromatic carbocycles. The number of hydrogen-bond donors (Lipinski definition) is 1. The van der Waals surface area contributed by atoms with Gasteiger partial charge in [0.05, 0.1) is 0 Å². The van der Waals surface area contributed by atoms with Crippen molar-refractivity contribution in [2.75, 3.05) is 6.61 Å². The number of nitrogens with two attached hydrogens (primary N) is 1. The van der Waals surface area contributed by atoms with Crippen molar-refractivity contribution >= 4 is 22.0 Å². The predicted molar refractivity (Wildman–Crippen MR) is 90.3 cm³/mol. The molecule has 1 aliphatic rings. The molecule has 0 amide bonds. The van der Waals surface area contributed by atoms with Gasteiger partial charge in [0.25, 0.3) is 6.02 Å². The van der Waals surface area contributed by atoms with Crippen LogP contribution in [0.4, 0.5) is 8.78 Å². The van der Waals surface area contributed by atoms with Crippen LogP contribution < -0.4 is 10.5 Å². The molecule has 0 aliphatic carbocycles. The third kappa shape index (κ3) is 3.08. The third-order valence-electron chi connectivity index (χ3n) is 3.90. The molecule has 0 saturated carbocycles. The Balaban J connectivity index is 2.10. The lowest BCUT2D eigenvalue weighted by Crippen LogP contribution is -2.27. The van der Waals surface area contributed by atoms with Gasteiger partial charge < -0.3 is 15.2 Å². The summed E-state index contributed by atoms with van der Waals surface area (Å²) in [5, 5.41) is 0. The Labute approximate surface area is 146 Å². The summed E-state index contributed by atoms with van der Waals surface area (Å²) in [4.78, 5) is 4.50. The molecule has 0 radical (unpaired) electrons. The Morgan fingerprint density at radius 3 is 2.58 bits per heavy atom. The maximum absolute atomic E-state index is 12.5. The predicted octanol–water partition coefficient (Wildman–Crippen LogP) is 3.95. The standard InChI is InChI=1S/C17H15BrF2N2O2/c1-10-7-12(5-6-14(10)24-15(19)20)17(9-23-16(21)22-17)11-3-2-4-13(18)8-11/h2-8,15H,9H2,1H3,(H2,21,22). The average molecular weight is 397 g/mol. The van der Waals surface area contributed by atoms with Crippen LogP contribution in [0.3, 0.4) is 0 Å². The van der Waals surface area contributed by atoms with Crippen molar-refractivity contribution in [2.45, 2.75) is 19.1 Å². The second-order valence-electron chi connectivity index (χ2n) is 5.47. The van der Waals surface area contributed by atoms with E-state index in [0.717, 1.165) is 15.6 Å². The maximum Gasteiger partial charge on any atom is 0.387 e. The molecule has 1 aliphatic heterocycles. The summed E-state index contributed by atoms with van der Waals surface area (Å²) in [5.41, 5.74) is 7.20. The molecular weight excluding hydrogens is 382 g/mol. The molecule has 2 N–H and O–H groups in total. The highest BCUT2D eigenvalue weighted by Crippen LogP contribution is 2.39. The van der Waals surface area contributed by atoms with Gasteiger partial charge in [-0.1, -0.05) is 34.1 Å². The van der Waals surface area contributed by atoms with Crippen molar-refractivity contribution in [1.82, 2.24) is 0 Å². The molecular formula is C17H15BrF2N2O2. The molecule has 126 valence electrons. The lowest BCUT2D eigenvalue weighted by atomic mass is 9.83. The van der Waals surface area contributed by atoms with Gasteiger partial charge in [-0.15, -0.1) is 0 Å². The zero-order valence-electron chi connectivity index (χ0n) is 12.8. The Morgan fingerprint density at radius 1 is 1.25 bits per heavy atom. The summed E-state index contributed by atoms with van der Waals surface area (Å²) in [6, 6.07) is 12.7. The van der Waals surface area contributed by atoms with Crippen molar-refractivity contribution in [3.63, 3.8) is 0 Å². The van der Waals surface area contributed by atoms with Crippen LogP contribution in [0.25, 0.3) is 0 Å². The highest BCUT2D eigenvalue weighted by atomic mass is 79.9. The largest absolute Gasteiger partial charge is 0.462 e. The average Bonchev–Trinajstić information content (AvgIpc) is 2.92. The van der Waals surface area contributed by atoms with Gasteiger partial charge in [0.2, 0.25) is 0 Å². The molecule has 7 heteroatoms. The molecule has 1 atom stereocenters. The van der Waals surface area contributed by atoms with E-state index in [1.165, 1.54) is 6.07 Å². The fraction of sp³-hybridized carbons (Fsp3) is 0.235. The Morgan fingerprint density at radius 2 is 2.00 bits per heavy atom. The summed E-state index contributed by atoms with van der Waals surface area (Å²) in [5.74, 6) is 0.133. The fourth-order valence-electron chi connectivity index (χ4n) is 2.77. The van der Waals surface area contributed by atoms with Gasteiger partial charge in [-0.3, -0.25) is 0 Å². The van der Waals surface area contributed by atoms with Crippen LogP contribution in [-0.4, -0.2) is 19.2 Å². The summed E-state index contributed by atoms with van der Waals surface area (Å²) in [7, 11) is 0. The third-order valence-corrected chi connectivity index (χ3v) is 4.39. The van der Waals surface area contributed by atoms with Gasteiger partial charge in [-0.05, 0) is 47.9 Å². The van der Waals surface area contributed by atoms with Crippen LogP contribution in [0.2, 0.25) is 0 Å². The van der Waals surface area contributed by atoms with E-state index in [1.807, 2.05) is 24.3 Å². The highest BCUT2D eigenvalue weighted by molar-refractivity contribution is 9.10. The van der Waals surface area contributed by atoms with Crippen LogP contribution in [-0.2, 0) is 10.3 Å². The quantitative estimate of drug-likeness (QED) is 0.850. The molecule has 1 unspecified atom stereocenters. The Bertz CT molecular complexity index is 798. The molecule has 0 aromatic heterocycles. The van der Waals surface area contributed by atoms with E-state index in [2.05, 4.69) is 25.7 Å². The molecule has 0 spiro atoms. The van der Waals surface area contributed by atoms with Gasteiger partial charge in [0.15, 0.2) is 5.54 Å². The Hall–Kier alpha value is -2.15. The zero-order valence-corrected chi connectivity index (χ0v) is 14.4. The molecule has 4 nitrogen and oxygen atoms in total. The second kappa shape index (κ2) is 6.39. The van der Waals surface area contributed by atoms with Crippen LogP contribution in [0, 0.1) is 6.92 Å². The molecule has 2 aromatic rings. The van der Waals surface area contributed by atoms with Crippen molar-refractivity contribution in [2.24, 2.45) is 10.7 Å². The van der Waals surface area contributed by atoms with E-state index in [9.17, 15) is 8.78 Å². The van der Waals surface area contributed by atoms with Gasteiger partial charge >= 0.3 is 6.61 Å². The van der Waals surface area contributed by atoms with E-state index in [-0.39, 0.29) is 18.4 Å². The summed E-state index contributed by atoms with van der Waals surface area (Å²) in [6.45, 7) is -0.917. The first-order valence-corrected chi connectivity index (χ1v) is 8.00. The SMILES string of the molecule is Cc1cc(C2(c3cccc(Br)c3)COC(N)=N2)ccc1OC(F)F. The first-order chi connectivity index (χ1) is 11.4. The van der Waals surface area contributed by atoms with Crippen molar-refractivity contribution in [1.29, 1.82) is 0 Å². The van der Waals surface area contributed by atoms with Crippen LogP contribution in [0.1, 0.15) is 16.7 Å². The lowest BCUT2D eigenvalue weighted by molar-refractivity contribution is -0.0503. The van der Waals surface area contributed by atoms with E-state index in [0.29, 0.717) is 5.56 Å². The zero-order chi connectivity index (χ0) is 17.3. The minimum Gasteiger partial charge on any atom is -0.462 e. The number of amidine groups is 1. The molecule has 24 heavy (non-hydrogen) atoms. The van der Waals surface area contributed by atoms with Crippen LogP contribution >= 0.6 is 15.9 Å². The molecule has 0 bridgehead atoms. The molecule has 0 fully saturated rings. The van der Waals surface area contributed by atoms with Crippen molar-refractivity contribution in [3.8, 4) is 5.75 Å². The maximum atomic E-state index is 12.5.